The van der Waals surface area contributed by atoms with Gasteiger partial charge in [0.05, 0.1) is 5.69 Å². The Kier molecular flexibility index (Phi) is 6.26. The van der Waals surface area contributed by atoms with Crippen LogP contribution in [-0.2, 0) is 16.4 Å². The molecule has 2 aliphatic rings. The van der Waals surface area contributed by atoms with Gasteiger partial charge < -0.3 is 10.0 Å². The molecule has 0 bridgehead atoms. The molecule has 8 nitrogen and oxygen atoms in total. The molecule has 4 rings (SSSR count). The fraction of sp³-hybridized carbons (Fsp3) is 0.600. The lowest BCUT2D eigenvalue weighted by atomic mass is 9.91. The number of hydrogen-bond acceptors (Lipinski definition) is 5. The van der Waals surface area contributed by atoms with Gasteiger partial charge in [-0.15, -0.1) is 0 Å². The number of nitrogens with zero attached hydrogens (tertiary/aromatic N) is 5. The van der Waals surface area contributed by atoms with Gasteiger partial charge in [-0.2, -0.15) is 18.3 Å². The van der Waals surface area contributed by atoms with Crippen LogP contribution in [-0.4, -0.2) is 74.1 Å². The molecule has 1 amide bonds. The second-order valence-electron chi connectivity index (χ2n) is 8.81. The van der Waals surface area contributed by atoms with Crippen molar-refractivity contribution in [3.8, 4) is 0 Å². The number of rotatable bonds is 2. The minimum atomic E-state index is -4.65. The van der Waals surface area contributed by atoms with Crippen LogP contribution in [0.2, 0.25) is 0 Å². The van der Waals surface area contributed by atoms with E-state index in [2.05, 4.69) is 15.0 Å². The number of carbonyl (C=O) groups excluding carboxylic acids is 1. The molecule has 0 aliphatic carbocycles. The lowest BCUT2D eigenvalue weighted by molar-refractivity contribution is -0.142. The minimum absolute atomic E-state index is 0.137. The number of hydrogen-bond donors (Lipinski definition) is 1. The van der Waals surface area contributed by atoms with Crippen molar-refractivity contribution in [1.82, 2.24) is 24.4 Å². The van der Waals surface area contributed by atoms with Gasteiger partial charge in [-0.25, -0.2) is 14.3 Å². The molecule has 0 saturated carbocycles. The molecule has 0 radical (unpaired) electrons. The first-order valence-corrected chi connectivity index (χ1v) is 10.1. The number of aromatic nitrogens is 3. The number of alkyl halides is 3. The predicted molar refractivity (Wildman–Crippen MR) is 106 cm³/mol. The molecule has 11 heteroatoms. The Balaban J connectivity index is 0.000000207. The van der Waals surface area contributed by atoms with Crippen LogP contribution in [0, 0.1) is 0 Å². The third-order valence-electron chi connectivity index (χ3n) is 5.47. The van der Waals surface area contributed by atoms with Gasteiger partial charge in [-0.05, 0) is 25.5 Å². The molecule has 1 N–H and O–H groups in total. The predicted octanol–water partition coefficient (Wildman–Crippen LogP) is 2.67. The summed E-state index contributed by atoms with van der Waals surface area (Å²) in [5, 5.41) is 12.3. The summed E-state index contributed by atoms with van der Waals surface area (Å²) >= 11 is 0. The Bertz CT molecular complexity index is 967. The average Bonchev–Trinajstić information content (AvgIpc) is 3.32. The van der Waals surface area contributed by atoms with E-state index >= 15 is 0 Å². The Morgan fingerprint density at radius 2 is 1.90 bits per heavy atom. The third-order valence-corrected chi connectivity index (χ3v) is 5.47. The van der Waals surface area contributed by atoms with Crippen LogP contribution in [0.15, 0.2) is 12.1 Å². The van der Waals surface area contributed by atoms with E-state index < -0.39 is 28.9 Å². The van der Waals surface area contributed by atoms with Gasteiger partial charge >= 0.3 is 12.1 Å². The number of aromatic carboxylic acids is 1. The summed E-state index contributed by atoms with van der Waals surface area (Å²) in [5.41, 5.74) is -2.04. The van der Waals surface area contributed by atoms with Gasteiger partial charge in [0, 0.05) is 37.2 Å². The number of carboxylic acids is 1. The molecule has 1 unspecified atom stereocenters. The SMILES string of the molecule is CC(C)(C)c1cc(C(F)(F)F)n2nc(C(=O)O)cc2n1.O=CN1CCN2CCCC2C1. The lowest BCUT2D eigenvalue weighted by Gasteiger charge is -2.35. The lowest BCUT2D eigenvalue weighted by Crippen LogP contribution is -2.49. The highest BCUT2D eigenvalue weighted by molar-refractivity contribution is 5.86. The van der Waals surface area contributed by atoms with Gasteiger partial charge in [-0.1, -0.05) is 20.8 Å². The molecular formula is C20H26F3N5O3. The molecule has 1 atom stereocenters. The van der Waals surface area contributed by atoms with Crippen molar-refractivity contribution in [1.29, 1.82) is 0 Å². The zero-order valence-corrected chi connectivity index (χ0v) is 17.7. The van der Waals surface area contributed by atoms with Crippen LogP contribution in [0.25, 0.3) is 5.65 Å². The van der Waals surface area contributed by atoms with Crippen molar-refractivity contribution < 1.29 is 27.9 Å². The molecule has 31 heavy (non-hydrogen) atoms. The highest BCUT2D eigenvalue weighted by Gasteiger charge is 2.36. The van der Waals surface area contributed by atoms with Crippen molar-refractivity contribution in [3.63, 3.8) is 0 Å². The fourth-order valence-electron chi connectivity index (χ4n) is 3.78. The zero-order chi connectivity index (χ0) is 23.0. The molecular weight excluding hydrogens is 415 g/mol. The van der Waals surface area contributed by atoms with Crippen LogP contribution in [0.1, 0.15) is 55.5 Å². The summed E-state index contributed by atoms with van der Waals surface area (Å²) in [6.07, 6.45) is -1.07. The number of fused-ring (bicyclic) bond motifs is 2. The molecule has 4 heterocycles. The summed E-state index contributed by atoms with van der Waals surface area (Å²) in [4.78, 5) is 29.7. The second-order valence-corrected chi connectivity index (χ2v) is 8.81. The molecule has 0 spiro atoms. The standard InChI is InChI=1S/C12H12F3N3O2.C8H14N2O/c1-11(2,3)7-5-8(12(13,14)15)18-9(16-7)4-6(17-18)10(19)20;11-7-9-4-5-10-3-1-2-8(10)6-9/h4-5H,1-3H3,(H,19,20);7-8H,1-6H2. The Morgan fingerprint density at radius 3 is 2.48 bits per heavy atom. The van der Waals surface area contributed by atoms with E-state index in [0.717, 1.165) is 38.2 Å². The van der Waals surface area contributed by atoms with E-state index in [0.29, 0.717) is 10.6 Å². The molecule has 2 fully saturated rings. The smallest absolute Gasteiger partial charge is 0.433 e. The number of carboxylic acid groups (broad SMARTS) is 1. The molecule has 2 saturated heterocycles. The first-order valence-electron chi connectivity index (χ1n) is 10.1. The molecule has 2 aromatic heterocycles. The van der Waals surface area contributed by atoms with E-state index in [4.69, 9.17) is 5.11 Å². The topological polar surface area (TPSA) is 91.0 Å². The monoisotopic (exact) mass is 441 g/mol. The molecule has 0 aromatic carbocycles. The van der Waals surface area contributed by atoms with Crippen LogP contribution in [0.5, 0.6) is 0 Å². The van der Waals surface area contributed by atoms with Crippen molar-refractivity contribution in [2.45, 2.75) is 51.2 Å². The first-order chi connectivity index (χ1) is 14.4. The normalized spacial score (nSPS) is 19.7. The van der Waals surface area contributed by atoms with E-state index in [1.165, 1.54) is 19.4 Å². The third kappa shape index (κ3) is 5.15. The first kappa shape index (κ1) is 23.0. The van der Waals surface area contributed by atoms with Crippen LogP contribution < -0.4 is 0 Å². The van der Waals surface area contributed by atoms with Gasteiger partial charge in [0.1, 0.15) is 5.69 Å². The summed E-state index contributed by atoms with van der Waals surface area (Å²) in [5.74, 6) is -1.40. The Labute approximate surface area is 177 Å². The average molecular weight is 441 g/mol. The molecule has 170 valence electrons. The number of amides is 1. The quantitative estimate of drug-likeness (QED) is 0.721. The van der Waals surface area contributed by atoms with Crippen LogP contribution in [0.3, 0.4) is 0 Å². The molecule has 2 aliphatic heterocycles. The maximum absolute atomic E-state index is 13.1. The highest BCUT2D eigenvalue weighted by Crippen LogP contribution is 2.32. The Morgan fingerprint density at radius 1 is 1.19 bits per heavy atom. The maximum atomic E-state index is 13.1. The summed E-state index contributed by atoms with van der Waals surface area (Å²) < 4.78 is 39.7. The highest BCUT2D eigenvalue weighted by atomic mass is 19.4. The van der Waals surface area contributed by atoms with E-state index in [-0.39, 0.29) is 11.3 Å². The van der Waals surface area contributed by atoms with Crippen molar-refractivity contribution >= 4 is 18.0 Å². The van der Waals surface area contributed by atoms with Gasteiger partial charge in [0.25, 0.3) is 0 Å². The number of piperazine rings is 1. The largest absolute Gasteiger partial charge is 0.476 e. The van der Waals surface area contributed by atoms with Crippen molar-refractivity contribution in [2.75, 3.05) is 26.2 Å². The number of carbonyl (C=O) groups is 2. The molecule has 2 aromatic rings. The Hall–Kier alpha value is -2.69. The zero-order valence-electron chi connectivity index (χ0n) is 17.7. The van der Waals surface area contributed by atoms with Crippen molar-refractivity contribution in [2.24, 2.45) is 0 Å². The van der Waals surface area contributed by atoms with E-state index in [1.807, 2.05) is 4.90 Å². The summed E-state index contributed by atoms with van der Waals surface area (Å²) in [6.45, 7) is 9.39. The minimum Gasteiger partial charge on any atom is -0.476 e. The van der Waals surface area contributed by atoms with Gasteiger partial charge in [0.2, 0.25) is 6.41 Å². The van der Waals surface area contributed by atoms with Crippen molar-refractivity contribution in [3.05, 3.63) is 29.2 Å². The summed E-state index contributed by atoms with van der Waals surface area (Å²) in [6, 6.07) is 2.59. The van der Waals surface area contributed by atoms with Crippen LogP contribution in [0.4, 0.5) is 13.2 Å². The van der Waals surface area contributed by atoms with Gasteiger partial charge in [0.15, 0.2) is 11.3 Å². The number of halogens is 3. The maximum Gasteiger partial charge on any atom is 0.433 e. The fourth-order valence-corrected chi connectivity index (χ4v) is 3.78. The van der Waals surface area contributed by atoms with Crippen LogP contribution >= 0.6 is 0 Å². The summed E-state index contributed by atoms with van der Waals surface area (Å²) in [7, 11) is 0. The van der Waals surface area contributed by atoms with E-state index in [9.17, 15) is 22.8 Å². The van der Waals surface area contributed by atoms with E-state index in [1.54, 1.807) is 20.8 Å². The van der Waals surface area contributed by atoms with Gasteiger partial charge in [-0.3, -0.25) is 9.69 Å². The second kappa shape index (κ2) is 8.45.